The van der Waals surface area contributed by atoms with E-state index in [2.05, 4.69) is 60.7 Å². The van der Waals surface area contributed by atoms with Crippen molar-refractivity contribution in [2.75, 3.05) is 13.2 Å². The van der Waals surface area contributed by atoms with Crippen molar-refractivity contribution in [3.63, 3.8) is 0 Å². The predicted octanol–water partition coefficient (Wildman–Crippen LogP) is 4.38. The van der Waals surface area contributed by atoms with Crippen molar-refractivity contribution in [2.45, 2.75) is 98.8 Å². The first-order chi connectivity index (χ1) is 10.3. The lowest BCUT2D eigenvalue weighted by Gasteiger charge is -2.39. The smallest absolute Gasteiger partial charge is 0.0898 e. The molecule has 0 amide bonds. The average Bonchev–Trinajstić information content (AvgIpc) is 2.28. The molecule has 0 spiro atoms. The maximum atomic E-state index is 10.2. The third-order valence-electron chi connectivity index (χ3n) is 4.66. The predicted molar refractivity (Wildman–Crippen MR) is 98.7 cm³/mol. The molecule has 0 saturated heterocycles. The number of aliphatic hydroxyl groups excluding tert-OH is 1. The lowest BCUT2D eigenvalue weighted by molar-refractivity contribution is -0.0561. The molecule has 23 heavy (non-hydrogen) atoms. The zero-order valence-electron chi connectivity index (χ0n) is 16.8. The molecule has 3 nitrogen and oxygen atoms in total. The second-order valence-electron chi connectivity index (χ2n) is 10.5. The Morgan fingerprint density at radius 1 is 1.17 bits per heavy atom. The third-order valence-corrected chi connectivity index (χ3v) is 4.66. The first kappa shape index (κ1) is 20.9. The highest BCUT2D eigenvalue weighted by Gasteiger charge is 2.33. The highest BCUT2D eigenvalue weighted by molar-refractivity contribution is 4.85. The molecule has 1 saturated carbocycles. The molecule has 0 aliphatic heterocycles. The van der Waals surface area contributed by atoms with Crippen LogP contribution in [0.5, 0.6) is 0 Å². The molecule has 0 radical (unpaired) electrons. The molecule has 2 N–H and O–H groups in total. The first-order valence-electron chi connectivity index (χ1n) is 9.33. The molecule has 0 aromatic rings. The summed E-state index contributed by atoms with van der Waals surface area (Å²) in [4.78, 5) is 0. The van der Waals surface area contributed by atoms with Gasteiger partial charge in [0.1, 0.15) is 0 Å². The lowest BCUT2D eigenvalue weighted by Crippen LogP contribution is -2.46. The van der Waals surface area contributed by atoms with Gasteiger partial charge >= 0.3 is 0 Å². The third kappa shape index (κ3) is 9.07. The summed E-state index contributed by atoms with van der Waals surface area (Å²) >= 11 is 0. The van der Waals surface area contributed by atoms with E-state index in [1.165, 1.54) is 6.42 Å². The fourth-order valence-electron chi connectivity index (χ4n) is 4.47. The van der Waals surface area contributed by atoms with E-state index in [9.17, 15) is 5.11 Å². The van der Waals surface area contributed by atoms with Gasteiger partial charge in [0.05, 0.1) is 18.8 Å². The van der Waals surface area contributed by atoms with Crippen molar-refractivity contribution in [1.82, 2.24) is 5.32 Å². The molecule has 1 aliphatic rings. The molecule has 0 aromatic carbocycles. The molecular weight excluding hydrogens is 286 g/mol. The van der Waals surface area contributed by atoms with Crippen LogP contribution in [0.15, 0.2) is 0 Å². The summed E-state index contributed by atoms with van der Waals surface area (Å²) in [6, 6.07) is 0. The number of rotatable bonds is 7. The number of β-amino-alcohol motifs (C(OH)–C–C–N with tert-alkyl or cyclic N) is 1. The first-order valence-corrected chi connectivity index (χ1v) is 9.33. The van der Waals surface area contributed by atoms with Gasteiger partial charge in [-0.05, 0) is 56.3 Å². The summed E-state index contributed by atoms with van der Waals surface area (Å²) in [6.45, 7) is 19.2. The van der Waals surface area contributed by atoms with Gasteiger partial charge in [-0.15, -0.1) is 0 Å². The van der Waals surface area contributed by atoms with E-state index >= 15 is 0 Å². The monoisotopic (exact) mass is 327 g/mol. The largest absolute Gasteiger partial charge is 0.389 e. The number of hydrogen-bond acceptors (Lipinski definition) is 3. The van der Waals surface area contributed by atoms with Crippen LogP contribution in [-0.4, -0.2) is 36.0 Å². The van der Waals surface area contributed by atoms with Crippen molar-refractivity contribution < 1.29 is 9.84 Å². The van der Waals surface area contributed by atoms with Crippen LogP contribution in [0.25, 0.3) is 0 Å². The maximum Gasteiger partial charge on any atom is 0.0898 e. The van der Waals surface area contributed by atoms with Crippen molar-refractivity contribution in [2.24, 2.45) is 16.7 Å². The Kier molecular flexibility index (Phi) is 7.13. The van der Waals surface area contributed by atoms with Crippen LogP contribution in [0, 0.1) is 16.7 Å². The molecule has 0 aromatic heterocycles. The Balaban J connectivity index is 2.33. The Hall–Kier alpha value is -0.120. The van der Waals surface area contributed by atoms with E-state index in [1.807, 2.05) is 0 Å². The van der Waals surface area contributed by atoms with Crippen molar-refractivity contribution in [3.8, 4) is 0 Å². The van der Waals surface area contributed by atoms with Crippen LogP contribution >= 0.6 is 0 Å². The Morgan fingerprint density at radius 2 is 1.78 bits per heavy atom. The second kappa shape index (κ2) is 7.84. The van der Waals surface area contributed by atoms with Crippen LogP contribution in [0.1, 0.15) is 81.1 Å². The lowest BCUT2D eigenvalue weighted by atomic mass is 9.71. The number of nitrogens with one attached hydrogen (secondary N) is 1. The van der Waals surface area contributed by atoms with Gasteiger partial charge in [0.2, 0.25) is 0 Å². The Bertz CT molecular complexity index is 357. The van der Waals surface area contributed by atoms with E-state index in [0.717, 1.165) is 19.3 Å². The average molecular weight is 328 g/mol. The molecule has 0 heterocycles. The van der Waals surface area contributed by atoms with E-state index in [1.54, 1.807) is 0 Å². The van der Waals surface area contributed by atoms with Gasteiger partial charge < -0.3 is 15.2 Å². The minimum atomic E-state index is -0.436. The van der Waals surface area contributed by atoms with Crippen LogP contribution in [0.2, 0.25) is 0 Å². The molecular formula is C20H41NO2. The fraction of sp³-hybridized carbons (Fsp3) is 1.00. The number of ether oxygens (including phenoxy) is 1. The summed E-state index contributed by atoms with van der Waals surface area (Å²) in [5, 5.41) is 13.7. The van der Waals surface area contributed by atoms with Gasteiger partial charge in [0.25, 0.3) is 0 Å². The normalized spacial score (nSPS) is 27.0. The highest BCUT2D eigenvalue weighted by atomic mass is 16.5. The fourth-order valence-corrected chi connectivity index (χ4v) is 4.47. The molecule has 1 fully saturated rings. The minimum absolute atomic E-state index is 0.0283. The number of aliphatic hydroxyl groups is 1. The van der Waals surface area contributed by atoms with Gasteiger partial charge in [-0.2, -0.15) is 0 Å². The SMILES string of the molecule is C[C@H]1C[C@@H](OC[C@H](O)CNC(C)(C)CC(C)(C)C)CC(C)(C)C1. The molecule has 138 valence electrons. The molecule has 0 bridgehead atoms. The van der Waals surface area contributed by atoms with Crippen LogP contribution in [-0.2, 0) is 4.74 Å². The van der Waals surface area contributed by atoms with Crippen LogP contribution in [0.4, 0.5) is 0 Å². The zero-order chi connectivity index (χ0) is 17.9. The standard InChI is InChI=1S/C20H41NO2/c1-15-9-17(11-19(5,6)10-15)23-13-16(22)12-21-20(7,8)14-18(2,3)4/h15-17,21-22H,9-14H2,1-8H3/t15-,16+,17+/m0/s1. The maximum absolute atomic E-state index is 10.2. The Morgan fingerprint density at radius 3 is 2.30 bits per heavy atom. The van der Waals surface area contributed by atoms with Gasteiger partial charge in [-0.25, -0.2) is 0 Å². The summed E-state index contributed by atoms with van der Waals surface area (Å²) in [5.41, 5.74) is 0.669. The Labute approximate surface area is 144 Å². The summed E-state index contributed by atoms with van der Waals surface area (Å²) in [6.07, 6.45) is 4.44. The second-order valence-corrected chi connectivity index (χ2v) is 10.5. The number of hydrogen-bond donors (Lipinski definition) is 2. The van der Waals surface area contributed by atoms with Crippen molar-refractivity contribution in [3.05, 3.63) is 0 Å². The van der Waals surface area contributed by atoms with Crippen molar-refractivity contribution >= 4 is 0 Å². The van der Waals surface area contributed by atoms with E-state index in [0.29, 0.717) is 30.6 Å². The summed E-state index contributed by atoms with van der Waals surface area (Å²) in [7, 11) is 0. The minimum Gasteiger partial charge on any atom is -0.389 e. The highest BCUT2D eigenvalue weighted by Crippen LogP contribution is 2.39. The zero-order valence-corrected chi connectivity index (χ0v) is 16.8. The van der Waals surface area contributed by atoms with Gasteiger partial charge in [-0.3, -0.25) is 0 Å². The van der Waals surface area contributed by atoms with Gasteiger partial charge in [-0.1, -0.05) is 41.5 Å². The van der Waals surface area contributed by atoms with Crippen LogP contribution in [0.3, 0.4) is 0 Å². The quantitative estimate of drug-likeness (QED) is 0.729. The topological polar surface area (TPSA) is 41.5 Å². The summed E-state index contributed by atoms with van der Waals surface area (Å²) < 4.78 is 6.03. The molecule has 1 aliphatic carbocycles. The van der Waals surface area contributed by atoms with Crippen LogP contribution < -0.4 is 5.32 Å². The van der Waals surface area contributed by atoms with E-state index < -0.39 is 6.10 Å². The van der Waals surface area contributed by atoms with Gasteiger partial charge in [0.15, 0.2) is 0 Å². The molecule has 3 atom stereocenters. The molecule has 3 heteroatoms. The van der Waals surface area contributed by atoms with Gasteiger partial charge in [0, 0.05) is 12.1 Å². The molecule has 1 rings (SSSR count). The van der Waals surface area contributed by atoms with E-state index in [4.69, 9.17) is 4.74 Å². The summed E-state index contributed by atoms with van der Waals surface area (Å²) in [5.74, 6) is 0.713. The van der Waals surface area contributed by atoms with Crippen molar-refractivity contribution in [1.29, 1.82) is 0 Å². The van der Waals surface area contributed by atoms with E-state index in [-0.39, 0.29) is 11.0 Å². The molecule has 0 unspecified atom stereocenters.